The van der Waals surface area contributed by atoms with Crippen LogP contribution >= 0.6 is 0 Å². The summed E-state index contributed by atoms with van der Waals surface area (Å²) in [5.41, 5.74) is 1.13. The normalized spacial score (nSPS) is 49.0. The van der Waals surface area contributed by atoms with Crippen LogP contribution in [-0.4, -0.2) is 12.9 Å². The van der Waals surface area contributed by atoms with Gasteiger partial charge in [0.1, 0.15) is 5.78 Å². The molecule has 0 bridgehead atoms. The van der Waals surface area contributed by atoms with Crippen molar-refractivity contribution in [3.05, 3.63) is 11.8 Å². The van der Waals surface area contributed by atoms with Gasteiger partial charge in [0.15, 0.2) is 0 Å². The van der Waals surface area contributed by atoms with E-state index in [4.69, 9.17) is 4.74 Å². The van der Waals surface area contributed by atoms with Crippen LogP contribution in [0.4, 0.5) is 0 Å². The van der Waals surface area contributed by atoms with Gasteiger partial charge < -0.3 is 4.74 Å². The quantitative estimate of drug-likeness (QED) is 0.600. The van der Waals surface area contributed by atoms with Gasteiger partial charge in [-0.1, -0.05) is 13.8 Å². The van der Waals surface area contributed by atoms with E-state index in [2.05, 4.69) is 20.8 Å². The highest BCUT2D eigenvalue weighted by Crippen LogP contribution is 2.68. The van der Waals surface area contributed by atoms with Gasteiger partial charge in [0.2, 0.25) is 0 Å². The molecule has 78 valence electrons. The van der Waals surface area contributed by atoms with Crippen molar-refractivity contribution in [3.63, 3.8) is 0 Å². The molecule has 2 saturated carbocycles. The Morgan fingerprint density at radius 2 is 2.14 bits per heavy atom. The van der Waals surface area contributed by atoms with Gasteiger partial charge >= 0.3 is 0 Å². The highest BCUT2D eigenvalue weighted by molar-refractivity contribution is 5.98. The molecule has 2 aliphatic rings. The maximum absolute atomic E-state index is 12.0. The van der Waals surface area contributed by atoms with E-state index < -0.39 is 0 Å². The third-order valence-corrected chi connectivity index (χ3v) is 4.80. The average Bonchev–Trinajstić information content (AvgIpc) is 2.41. The minimum absolute atomic E-state index is 0.175. The molecule has 0 aromatic heterocycles. The van der Waals surface area contributed by atoms with Gasteiger partial charge in [-0.3, -0.25) is 4.79 Å². The zero-order chi connectivity index (χ0) is 10.6. The summed E-state index contributed by atoms with van der Waals surface area (Å²) in [5.74, 6) is 0.607. The third kappa shape index (κ3) is 0.760. The van der Waals surface area contributed by atoms with Gasteiger partial charge in [-0.25, -0.2) is 0 Å². The number of allylic oxidation sites excluding steroid dienone is 1. The van der Waals surface area contributed by atoms with E-state index in [1.807, 2.05) is 0 Å². The second-order valence-electron chi connectivity index (χ2n) is 5.01. The van der Waals surface area contributed by atoms with Crippen molar-refractivity contribution in [1.82, 2.24) is 0 Å². The summed E-state index contributed by atoms with van der Waals surface area (Å²) in [5, 5.41) is 0. The molecule has 0 aromatic carbocycles. The molecule has 2 aliphatic carbocycles. The standard InChI is InChI=1S/C12H18O2/c1-8-10(13)12(3)9(7-14-4)5-6-11(8,12)2/h7-8H,5-6H2,1-4H3/b9-7+/t8-,11+,12-/m0/s1. The second kappa shape index (κ2) is 2.62. The Morgan fingerprint density at radius 1 is 1.50 bits per heavy atom. The Bertz CT molecular complexity index is 318. The molecule has 0 aromatic rings. The minimum Gasteiger partial charge on any atom is -0.504 e. The summed E-state index contributed by atoms with van der Waals surface area (Å²) < 4.78 is 5.06. The van der Waals surface area contributed by atoms with Crippen LogP contribution in [0.25, 0.3) is 0 Å². The third-order valence-electron chi connectivity index (χ3n) is 4.80. The van der Waals surface area contributed by atoms with Crippen LogP contribution in [0.15, 0.2) is 11.8 Å². The number of ketones is 1. The predicted octanol–water partition coefficient (Wildman–Crippen LogP) is 2.54. The largest absolute Gasteiger partial charge is 0.504 e. The molecule has 0 spiro atoms. The summed E-state index contributed by atoms with van der Waals surface area (Å²) in [6.07, 6.45) is 3.90. The molecule has 2 rings (SSSR count). The molecule has 14 heavy (non-hydrogen) atoms. The highest BCUT2D eigenvalue weighted by Gasteiger charge is 2.69. The van der Waals surface area contributed by atoms with Crippen LogP contribution in [0.1, 0.15) is 33.6 Å². The second-order valence-corrected chi connectivity index (χ2v) is 5.01. The van der Waals surface area contributed by atoms with E-state index in [1.54, 1.807) is 13.4 Å². The lowest BCUT2D eigenvalue weighted by Crippen LogP contribution is -2.60. The molecule has 0 unspecified atom stereocenters. The maximum atomic E-state index is 12.0. The summed E-state index contributed by atoms with van der Waals surface area (Å²) in [6.45, 7) is 6.36. The first-order valence-corrected chi connectivity index (χ1v) is 5.25. The lowest BCUT2D eigenvalue weighted by molar-refractivity contribution is -0.160. The first-order chi connectivity index (χ1) is 6.48. The molecule has 0 saturated heterocycles. The van der Waals surface area contributed by atoms with Crippen molar-refractivity contribution in [3.8, 4) is 0 Å². The van der Waals surface area contributed by atoms with Crippen molar-refractivity contribution in [1.29, 1.82) is 0 Å². The van der Waals surface area contributed by atoms with Gasteiger partial charge in [0.05, 0.1) is 18.8 Å². The highest BCUT2D eigenvalue weighted by atomic mass is 16.5. The Kier molecular flexibility index (Phi) is 1.82. The lowest BCUT2D eigenvalue weighted by atomic mass is 9.45. The van der Waals surface area contributed by atoms with Gasteiger partial charge in [-0.2, -0.15) is 0 Å². The van der Waals surface area contributed by atoms with E-state index in [0.29, 0.717) is 5.78 Å². The van der Waals surface area contributed by atoms with Crippen molar-refractivity contribution in [2.45, 2.75) is 33.6 Å². The minimum atomic E-state index is -0.234. The fourth-order valence-corrected chi connectivity index (χ4v) is 3.31. The van der Waals surface area contributed by atoms with Crippen molar-refractivity contribution >= 4 is 5.78 Å². The molecule has 2 nitrogen and oxygen atoms in total. The molecule has 0 N–H and O–H groups in total. The van der Waals surface area contributed by atoms with E-state index in [-0.39, 0.29) is 16.7 Å². The molecule has 2 fully saturated rings. The van der Waals surface area contributed by atoms with Gasteiger partial charge in [-0.05, 0) is 30.8 Å². The Hall–Kier alpha value is -0.790. The summed E-state index contributed by atoms with van der Waals surface area (Å²) in [6, 6.07) is 0. The predicted molar refractivity (Wildman–Crippen MR) is 54.7 cm³/mol. The monoisotopic (exact) mass is 194 g/mol. The fraction of sp³-hybridized carbons (Fsp3) is 0.750. The van der Waals surface area contributed by atoms with Gasteiger partial charge in [-0.15, -0.1) is 0 Å². The van der Waals surface area contributed by atoms with Crippen LogP contribution in [-0.2, 0) is 9.53 Å². The Labute approximate surface area is 85.3 Å². The van der Waals surface area contributed by atoms with E-state index in [0.717, 1.165) is 12.8 Å². The van der Waals surface area contributed by atoms with Crippen LogP contribution < -0.4 is 0 Å². The van der Waals surface area contributed by atoms with E-state index in [1.165, 1.54) is 5.57 Å². The van der Waals surface area contributed by atoms with Gasteiger partial charge in [0, 0.05) is 5.92 Å². The molecule has 0 radical (unpaired) electrons. The number of carbonyl (C=O) groups excluding carboxylic acids is 1. The fourth-order valence-electron chi connectivity index (χ4n) is 3.31. The van der Waals surface area contributed by atoms with Crippen molar-refractivity contribution in [2.75, 3.05) is 7.11 Å². The number of carbonyl (C=O) groups is 1. The summed E-state index contributed by atoms with van der Waals surface area (Å²) >= 11 is 0. The zero-order valence-corrected chi connectivity index (χ0v) is 9.39. The van der Waals surface area contributed by atoms with Crippen molar-refractivity contribution in [2.24, 2.45) is 16.7 Å². The topological polar surface area (TPSA) is 26.3 Å². The molecular weight excluding hydrogens is 176 g/mol. The summed E-state index contributed by atoms with van der Waals surface area (Å²) in [4.78, 5) is 12.0. The molecule has 2 heteroatoms. The number of Topliss-reactive ketones (excluding diaryl/α,β-unsaturated/α-hetero) is 1. The lowest BCUT2D eigenvalue weighted by Gasteiger charge is -2.55. The SMILES string of the molecule is CO/C=C1\CC[C@]2(C)[C@@H](C)C(=O)[C@]12C. The summed E-state index contributed by atoms with van der Waals surface area (Å²) in [7, 11) is 1.65. The zero-order valence-electron chi connectivity index (χ0n) is 9.39. The van der Waals surface area contributed by atoms with Crippen LogP contribution in [0.2, 0.25) is 0 Å². The molecule has 0 amide bonds. The smallest absolute Gasteiger partial charge is 0.146 e. The van der Waals surface area contributed by atoms with Crippen LogP contribution in [0.3, 0.4) is 0 Å². The number of hydrogen-bond acceptors (Lipinski definition) is 2. The molecule has 0 aliphatic heterocycles. The first-order valence-electron chi connectivity index (χ1n) is 5.25. The van der Waals surface area contributed by atoms with Crippen LogP contribution in [0, 0.1) is 16.7 Å². The number of ether oxygens (including phenoxy) is 1. The molecule has 3 atom stereocenters. The van der Waals surface area contributed by atoms with E-state index >= 15 is 0 Å². The van der Waals surface area contributed by atoms with Gasteiger partial charge in [0.25, 0.3) is 0 Å². The Balaban J connectivity index is 2.42. The number of fused-ring (bicyclic) bond motifs is 1. The number of rotatable bonds is 1. The average molecular weight is 194 g/mol. The molecular formula is C12H18O2. The number of hydrogen-bond donors (Lipinski definition) is 0. The van der Waals surface area contributed by atoms with Crippen molar-refractivity contribution < 1.29 is 9.53 Å². The van der Waals surface area contributed by atoms with Crippen LogP contribution in [0.5, 0.6) is 0 Å². The Morgan fingerprint density at radius 3 is 2.71 bits per heavy atom. The maximum Gasteiger partial charge on any atom is 0.146 e. The number of methoxy groups -OCH3 is 1. The molecule has 0 heterocycles. The van der Waals surface area contributed by atoms with E-state index in [9.17, 15) is 4.79 Å². The first kappa shape index (κ1) is 9.75.